The van der Waals surface area contributed by atoms with Gasteiger partial charge in [-0.2, -0.15) is 5.10 Å². The summed E-state index contributed by atoms with van der Waals surface area (Å²) in [7, 11) is 4.88. The number of carbonyl (C=O) groups is 2. The van der Waals surface area contributed by atoms with Crippen LogP contribution in [0.25, 0.3) is 0 Å². The van der Waals surface area contributed by atoms with Crippen LogP contribution in [-0.4, -0.2) is 52.4 Å². The number of methoxy groups -OCH3 is 2. The number of ether oxygens (including phenoxy) is 2. The average Bonchev–Trinajstić information content (AvgIpc) is 2.86. The van der Waals surface area contributed by atoms with E-state index in [4.69, 9.17) is 9.47 Å². The van der Waals surface area contributed by atoms with Gasteiger partial charge in [0.1, 0.15) is 18.0 Å². The molecule has 0 aliphatic rings. The van der Waals surface area contributed by atoms with Crippen LogP contribution in [0.15, 0.2) is 18.2 Å². The summed E-state index contributed by atoms with van der Waals surface area (Å²) in [4.78, 5) is 25.4. The molecule has 8 nitrogen and oxygen atoms in total. The van der Waals surface area contributed by atoms with E-state index >= 15 is 0 Å². The molecule has 0 fully saturated rings. The highest BCUT2D eigenvalue weighted by molar-refractivity contribution is 5.83. The lowest BCUT2D eigenvalue weighted by Crippen LogP contribution is -2.36. The van der Waals surface area contributed by atoms with Crippen molar-refractivity contribution >= 4 is 11.9 Å². The number of carboxylic acid groups (broad SMARTS) is 1. The number of amides is 1. The summed E-state index contributed by atoms with van der Waals surface area (Å²) in [6.45, 7) is 3.47. The van der Waals surface area contributed by atoms with Crippen molar-refractivity contribution in [3.8, 4) is 11.5 Å². The summed E-state index contributed by atoms with van der Waals surface area (Å²) in [5.74, 6) is -0.201. The molecule has 0 spiro atoms. The lowest BCUT2D eigenvalue weighted by Gasteiger charge is -2.22. The number of aryl methyl sites for hydroxylation is 2. The van der Waals surface area contributed by atoms with Crippen LogP contribution in [0.3, 0.4) is 0 Å². The van der Waals surface area contributed by atoms with E-state index in [2.05, 4.69) is 5.10 Å². The molecule has 0 saturated heterocycles. The van der Waals surface area contributed by atoms with Crippen LogP contribution < -0.4 is 9.47 Å². The van der Waals surface area contributed by atoms with Gasteiger partial charge in [-0.3, -0.25) is 14.3 Å². The number of carboxylic acids is 1. The third kappa shape index (κ3) is 4.99. The van der Waals surface area contributed by atoms with E-state index in [1.165, 1.54) is 19.1 Å². The van der Waals surface area contributed by atoms with E-state index in [0.29, 0.717) is 11.5 Å². The number of aliphatic carboxylic acids is 1. The highest BCUT2D eigenvalue weighted by atomic mass is 16.5. The first-order valence-electron chi connectivity index (χ1n) is 8.45. The van der Waals surface area contributed by atoms with Gasteiger partial charge in [0.2, 0.25) is 5.91 Å². The second kappa shape index (κ2) is 8.57. The van der Waals surface area contributed by atoms with Gasteiger partial charge in [-0.25, -0.2) is 0 Å². The highest BCUT2D eigenvalue weighted by Gasteiger charge is 2.21. The minimum absolute atomic E-state index is 0.0971. The maximum Gasteiger partial charge on any atom is 0.323 e. The molecule has 1 N–H and O–H groups in total. The van der Waals surface area contributed by atoms with E-state index in [0.717, 1.165) is 22.5 Å². The molecule has 0 bridgehead atoms. The second-order valence-electron chi connectivity index (χ2n) is 6.31. The number of carbonyl (C=O) groups excluding carboxylic acids is 1. The lowest BCUT2D eigenvalue weighted by molar-refractivity contribution is -0.144. The number of hydrogen-bond acceptors (Lipinski definition) is 5. The molecular weight excluding hydrogens is 350 g/mol. The molecule has 2 aromatic rings. The van der Waals surface area contributed by atoms with E-state index in [-0.39, 0.29) is 18.9 Å². The highest BCUT2D eigenvalue weighted by Crippen LogP contribution is 2.24. The molecule has 146 valence electrons. The number of rotatable bonds is 8. The maximum absolute atomic E-state index is 12.8. The first-order valence-corrected chi connectivity index (χ1v) is 8.45. The number of aromatic nitrogens is 2. The Morgan fingerprint density at radius 1 is 1.15 bits per heavy atom. The van der Waals surface area contributed by atoms with E-state index in [1.807, 2.05) is 20.9 Å². The normalized spacial score (nSPS) is 10.6. The summed E-state index contributed by atoms with van der Waals surface area (Å²) < 4.78 is 12.2. The fourth-order valence-electron chi connectivity index (χ4n) is 2.91. The third-order valence-corrected chi connectivity index (χ3v) is 4.45. The van der Waals surface area contributed by atoms with Crippen molar-refractivity contribution < 1.29 is 24.2 Å². The van der Waals surface area contributed by atoms with Crippen LogP contribution in [0.1, 0.15) is 22.5 Å². The molecule has 1 heterocycles. The van der Waals surface area contributed by atoms with Gasteiger partial charge in [0.05, 0.1) is 26.3 Å². The van der Waals surface area contributed by atoms with Gasteiger partial charge in [0.15, 0.2) is 0 Å². The van der Waals surface area contributed by atoms with Crippen LogP contribution in [0, 0.1) is 13.8 Å². The van der Waals surface area contributed by atoms with Gasteiger partial charge in [-0.1, -0.05) is 0 Å². The Hall–Kier alpha value is -3.03. The minimum Gasteiger partial charge on any atom is -0.497 e. The van der Waals surface area contributed by atoms with Gasteiger partial charge in [-0.05, 0) is 31.5 Å². The Bertz CT molecular complexity index is 822. The predicted octanol–water partition coefficient (Wildman–Crippen LogP) is 1.71. The third-order valence-electron chi connectivity index (χ3n) is 4.45. The first kappa shape index (κ1) is 20.3. The van der Waals surface area contributed by atoms with E-state index in [1.54, 1.807) is 22.9 Å². The summed E-state index contributed by atoms with van der Waals surface area (Å²) >= 11 is 0. The largest absolute Gasteiger partial charge is 0.497 e. The zero-order valence-electron chi connectivity index (χ0n) is 16.3. The van der Waals surface area contributed by atoms with Gasteiger partial charge >= 0.3 is 5.97 Å². The Morgan fingerprint density at radius 3 is 2.19 bits per heavy atom. The van der Waals surface area contributed by atoms with Crippen LogP contribution in [0.2, 0.25) is 0 Å². The monoisotopic (exact) mass is 375 g/mol. The number of benzene rings is 1. The fourth-order valence-corrected chi connectivity index (χ4v) is 2.91. The van der Waals surface area contributed by atoms with Crippen LogP contribution in [-0.2, 0) is 29.6 Å². The first-order chi connectivity index (χ1) is 12.7. The Labute approximate surface area is 158 Å². The van der Waals surface area contributed by atoms with Gasteiger partial charge < -0.3 is 19.5 Å². The predicted molar refractivity (Wildman–Crippen MR) is 99.0 cm³/mol. The van der Waals surface area contributed by atoms with Gasteiger partial charge in [0.25, 0.3) is 0 Å². The topological polar surface area (TPSA) is 93.9 Å². The van der Waals surface area contributed by atoms with Crippen molar-refractivity contribution in [3.63, 3.8) is 0 Å². The molecule has 0 aliphatic carbocycles. The number of hydrogen-bond donors (Lipinski definition) is 1. The summed E-state index contributed by atoms with van der Waals surface area (Å²) in [5, 5.41) is 13.5. The summed E-state index contributed by atoms with van der Waals surface area (Å²) in [6.07, 6.45) is 0.0971. The average molecular weight is 375 g/mol. The molecule has 27 heavy (non-hydrogen) atoms. The van der Waals surface area contributed by atoms with Crippen molar-refractivity contribution in [2.24, 2.45) is 7.05 Å². The molecule has 0 unspecified atom stereocenters. The quantitative estimate of drug-likeness (QED) is 0.755. The standard InChI is InChI=1S/C19H25N3O5/c1-12-17(13(2)21(3)20-12)9-18(23)22(11-19(24)25)10-14-6-15(26-4)8-16(7-14)27-5/h6-8H,9-11H2,1-5H3,(H,24,25). The molecule has 0 atom stereocenters. The van der Waals surface area contributed by atoms with Crippen LogP contribution >= 0.6 is 0 Å². The van der Waals surface area contributed by atoms with Crippen molar-refractivity contribution in [2.75, 3.05) is 20.8 Å². The molecule has 0 aliphatic heterocycles. The zero-order valence-corrected chi connectivity index (χ0v) is 16.3. The molecule has 1 amide bonds. The molecule has 0 saturated carbocycles. The molecule has 2 rings (SSSR count). The maximum atomic E-state index is 12.8. The van der Waals surface area contributed by atoms with Crippen molar-refractivity contribution in [1.82, 2.24) is 14.7 Å². The number of nitrogens with zero attached hydrogens (tertiary/aromatic N) is 3. The van der Waals surface area contributed by atoms with E-state index in [9.17, 15) is 14.7 Å². The molecule has 1 aromatic carbocycles. The van der Waals surface area contributed by atoms with Crippen molar-refractivity contribution in [3.05, 3.63) is 40.7 Å². The zero-order chi connectivity index (χ0) is 20.1. The van der Waals surface area contributed by atoms with Crippen molar-refractivity contribution in [2.45, 2.75) is 26.8 Å². The molecular formula is C19H25N3O5. The Kier molecular flexibility index (Phi) is 6.44. The molecule has 8 heteroatoms. The second-order valence-corrected chi connectivity index (χ2v) is 6.31. The van der Waals surface area contributed by atoms with Gasteiger partial charge in [0, 0.05) is 30.9 Å². The summed E-state index contributed by atoms with van der Waals surface area (Å²) in [5.41, 5.74) is 3.20. The minimum atomic E-state index is -1.07. The van der Waals surface area contributed by atoms with Gasteiger partial charge in [-0.15, -0.1) is 0 Å². The fraction of sp³-hybridized carbons (Fsp3) is 0.421. The van der Waals surface area contributed by atoms with Crippen LogP contribution in [0.4, 0.5) is 0 Å². The van der Waals surface area contributed by atoms with Crippen molar-refractivity contribution in [1.29, 1.82) is 0 Å². The molecule has 1 aromatic heterocycles. The Balaban J connectivity index is 2.27. The lowest BCUT2D eigenvalue weighted by atomic mass is 10.1. The smallest absolute Gasteiger partial charge is 0.323 e. The Morgan fingerprint density at radius 2 is 1.74 bits per heavy atom. The summed E-state index contributed by atoms with van der Waals surface area (Å²) in [6, 6.07) is 5.23. The van der Waals surface area contributed by atoms with Crippen LogP contribution in [0.5, 0.6) is 11.5 Å². The SMILES string of the molecule is COc1cc(CN(CC(=O)O)C(=O)Cc2c(C)nn(C)c2C)cc(OC)c1. The van der Waals surface area contributed by atoms with E-state index < -0.39 is 12.5 Å². The molecule has 0 radical (unpaired) electrons.